The zero-order valence-electron chi connectivity index (χ0n) is 45.3. The van der Waals surface area contributed by atoms with E-state index in [1.807, 2.05) is 0 Å². The third-order valence-corrected chi connectivity index (χ3v) is 11.9. The molecule has 397 valence electrons. The molecule has 0 rings (SSSR count). The van der Waals surface area contributed by atoms with Crippen LogP contribution in [0.3, 0.4) is 0 Å². The van der Waals surface area contributed by atoms with Crippen LogP contribution in [0, 0.1) is 0 Å². The van der Waals surface area contributed by atoms with E-state index in [4.69, 9.17) is 0 Å². The van der Waals surface area contributed by atoms with Crippen molar-refractivity contribution < 1.29 is 46.8 Å². The first kappa shape index (κ1) is 74.1. The minimum Gasteiger partial charge on any atom is -0.550 e. The number of aliphatic carboxylic acids is 3. The predicted octanol–water partition coefficient (Wildman–Crippen LogP) is 16.9. The number of hydrogen-bond acceptors (Lipinski definition) is 6. The summed E-state index contributed by atoms with van der Waals surface area (Å²) >= 11 is 0. The number of carbonyl (C=O) groups excluding carboxylic acids is 3. The minimum atomic E-state index is -0.914. The minimum absolute atomic E-state index is 0. The van der Waals surface area contributed by atoms with Crippen molar-refractivity contribution in [2.24, 2.45) is 0 Å². The van der Waals surface area contributed by atoms with Crippen molar-refractivity contribution in [3.63, 3.8) is 0 Å². The number of allylic oxidation sites excluding steroid dienone is 6. The Labute approximate surface area is 429 Å². The van der Waals surface area contributed by atoms with Crippen LogP contribution in [-0.2, 0) is 31.5 Å². The van der Waals surface area contributed by atoms with Crippen molar-refractivity contribution in [3.05, 3.63) is 36.5 Å². The first-order valence-electron chi connectivity index (χ1n) is 28.8. The molecule has 6 nitrogen and oxygen atoms in total. The number of carboxylic acids is 3. The summed E-state index contributed by atoms with van der Waals surface area (Å²) in [5, 5.41) is 30.6. The van der Waals surface area contributed by atoms with Gasteiger partial charge in [-0.2, -0.15) is 0 Å². The molecule has 0 aromatic rings. The predicted molar refractivity (Wildman–Crippen MR) is 283 cm³/mol. The van der Waals surface area contributed by atoms with Gasteiger partial charge in [-0.25, -0.2) is 0 Å². The molecule has 7 heteroatoms. The summed E-state index contributed by atoms with van der Waals surface area (Å²) in [6.07, 6.45) is 68.2. The number of carbonyl (C=O) groups is 3. The summed E-state index contributed by atoms with van der Waals surface area (Å²) in [6, 6.07) is 0. The fourth-order valence-corrected chi connectivity index (χ4v) is 7.52. The van der Waals surface area contributed by atoms with E-state index < -0.39 is 17.9 Å². The molecule has 0 aliphatic rings. The molecule has 0 aromatic carbocycles. The van der Waals surface area contributed by atoms with Crippen LogP contribution in [0.15, 0.2) is 36.5 Å². The molecule has 0 aliphatic heterocycles. The molecule has 0 heterocycles. The number of unbranched alkanes of at least 4 members (excludes halogenated alkanes) is 36. The molecule has 0 amide bonds. The largest absolute Gasteiger partial charge is 3.00 e. The van der Waals surface area contributed by atoms with Gasteiger partial charge in [-0.3, -0.25) is 0 Å². The van der Waals surface area contributed by atoms with E-state index in [0.717, 1.165) is 57.8 Å². The van der Waals surface area contributed by atoms with E-state index in [9.17, 15) is 29.7 Å². The Morgan fingerprint density at radius 2 is 0.373 bits per heavy atom. The van der Waals surface area contributed by atoms with Crippen molar-refractivity contribution in [1.29, 1.82) is 0 Å². The summed E-state index contributed by atoms with van der Waals surface area (Å²) < 4.78 is 0. The topological polar surface area (TPSA) is 120 Å². The molecule has 0 aromatic heterocycles. The molecule has 0 fully saturated rings. The smallest absolute Gasteiger partial charge is 0.550 e. The molecule has 67 heavy (non-hydrogen) atoms. The summed E-state index contributed by atoms with van der Waals surface area (Å²) in [7, 11) is 0. The van der Waals surface area contributed by atoms with Gasteiger partial charge in [0.05, 0.1) is 0 Å². The van der Waals surface area contributed by atoms with Gasteiger partial charge in [0.1, 0.15) is 0 Å². The van der Waals surface area contributed by atoms with Gasteiger partial charge >= 0.3 is 17.1 Å². The fourth-order valence-electron chi connectivity index (χ4n) is 7.52. The second-order valence-electron chi connectivity index (χ2n) is 18.8. The molecular weight excluding hydrogens is 872 g/mol. The van der Waals surface area contributed by atoms with Gasteiger partial charge in [0.2, 0.25) is 0 Å². The van der Waals surface area contributed by atoms with Gasteiger partial charge in [-0.1, -0.05) is 251 Å². The van der Waals surface area contributed by atoms with Crippen molar-refractivity contribution in [1.82, 2.24) is 0 Å². The molecular formula is C60H113FeO6. The molecule has 0 saturated heterocycles. The van der Waals surface area contributed by atoms with Crippen LogP contribution in [0.5, 0.6) is 0 Å². The maximum Gasteiger partial charge on any atom is 3.00 e. The van der Waals surface area contributed by atoms with E-state index in [1.165, 1.54) is 218 Å². The van der Waals surface area contributed by atoms with Crippen molar-refractivity contribution >= 4 is 17.9 Å². The maximum atomic E-state index is 10.2. The normalized spacial score (nSPS) is 10.9. The molecule has 0 bridgehead atoms. The molecule has 1 radical (unpaired) electrons. The van der Waals surface area contributed by atoms with Crippen molar-refractivity contribution in [3.8, 4) is 0 Å². The molecule has 0 aliphatic carbocycles. The van der Waals surface area contributed by atoms with Gasteiger partial charge < -0.3 is 29.7 Å². The first-order chi connectivity index (χ1) is 32.2. The third kappa shape index (κ3) is 91.1. The Kier molecular flexibility index (Phi) is 80.9. The van der Waals surface area contributed by atoms with E-state index >= 15 is 0 Å². The average Bonchev–Trinajstić information content (AvgIpc) is 3.30. The Morgan fingerprint density at radius 1 is 0.239 bits per heavy atom. The van der Waals surface area contributed by atoms with Gasteiger partial charge in [0, 0.05) is 17.9 Å². The van der Waals surface area contributed by atoms with E-state index in [0.29, 0.717) is 0 Å². The Hall–Kier alpha value is -1.85. The molecule has 0 unspecified atom stereocenters. The van der Waals surface area contributed by atoms with Gasteiger partial charge in [-0.05, 0) is 116 Å². The summed E-state index contributed by atoms with van der Waals surface area (Å²) in [4.78, 5) is 30.6. The zero-order valence-corrected chi connectivity index (χ0v) is 46.4. The van der Waals surface area contributed by atoms with Crippen molar-refractivity contribution in [2.75, 3.05) is 0 Å². The Bertz CT molecular complexity index is 886. The summed E-state index contributed by atoms with van der Waals surface area (Å²) in [5.74, 6) is -2.74. The maximum absolute atomic E-state index is 10.2. The van der Waals surface area contributed by atoms with Crippen LogP contribution < -0.4 is 15.3 Å². The number of hydrogen-bond donors (Lipinski definition) is 0. The summed E-state index contributed by atoms with van der Waals surface area (Å²) in [5.41, 5.74) is 0. The summed E-state index contributed by atoms with van der Waals surface area (Å²) in [6.45, 7) is 11.2. The van der Waals surface area contributed by atoms with Gasteiger partial charge in [0.15, 0.2) is 0 Å². The van der Waals surface area contributed by atoms with Crippen LogP contribution in [0.2, 0.25) is 0 Å². The van der Waals surface area contributed by atoms with Gasteiger partial charge in [-0.15, -0.1) is 0 Å². The van der Waals surface area contributed by atoms with Crippen molar-refractivity contribution in [2.45, 2.75) is 330 Å². The number of rotatable bonds is 48. The third-order valence-electron chi connectivity index (χ3n) is 11.9. The first-order valence-corrected chi connectivity index (χ1v) is 28.8. The second kappa shape index (κ2) is 73.1. The van der Waals surface area contributed by atoms with Crippen LogP contribution in [0.4, 0.5) is 0 Å². The SMILES string of the molecule is CCCCCC.CCCCCCCC/C=C\CCCCCCCC(=O)[O-].CCCCCCCC/C=C\CCCCCCCC(=O)[O-].CCCCCCCC/C=C\CCCCCCCC(=O)[O-].[Fe+3]. The van der Waals surface area contributed by atoms with Crippen LogP contribution in [0.1, 0.15) is 330 Å². The van der Waals surface area contributed by atoms with E-state index in [2.05, 4.69) is 71.1 Å². The monoisotopic (exact) mass is 986 g/mol. The molecule has 0 N–H and O–H groups in total. The Morgan fingerprint density at radius 3 is 0.537 bits per heavy atom. The van der Waals surface area contributed by atoms with Gasteiger partial charge in [0.25, 0.3) is 0 Å². The Balaban J connectivity index is -0.000000268. The molecule has 0 atom stereocenters. The standard InChI is InChI=1S/3C18H34O2.C6H14.Fe/c3*1-2-3-4-5-6-7-8-9-10-11-12-13-14-15-16-17-18(19)20;1-3-5-6-4-2;/h3*9-10H,2-8,11-17H2,1H3,(H,19,20);3-6H2,1-2H3;/q;;;;+3/p-3/b3*10-9-;;. The average molecular weight is 986 g/mol. The zero-order chi connectivity index (χ0) is 49.5. The number of carboxylic acid groups (broad SMARTS) is 3. The van der Waals surface area contributed by atoms with Crippen LogP contribution >= 0.6 is 0 Å². The molecule has 0 spiro atoms. The fraction of sp³-hybridized carbons (Fsp3) is 0.850. The van der Waals surface area contributed by atoms with E-state index in [-0.39, 0.29) is 36.3 Å². The van der Waals surface area contributed by atoms with Crippen LogP contribution in [0.25, 0.3) is 0 Å². The van der Waals surface area contributed by atoms with E-state index in [1.54, 1.807) is 0 Å². The second-order valence-corrected chi connectivity index (χ2v) is 18.8. The van der Waals surface area contributed by atoms with Crippen LogP contribution in [-0.4, -0.2) is 17.9 Å². The molecule has 0 saturated carbocycles. The quantitative estimate of drug-likeness (QED) is 0.0340.